The number of nitrogens with zero attached hydrogens (tertiary/aromatic N) is 4. The van der Waals surface area contributed by atoms with Gasteiger partial charge in [-0.25, -0.2) is 0 Å². The molecule has 136 valence electrons. The molecular formula is C16H23N5O4. The van der Waals surface area contributed by atoms with Gasteiger partial charge in [-0.1, -0.05) is 13.8 Å². The second-order valence-electron chi connectivity index (χ2n) is 5.56. The van der Waals surface area contributed by atoms with E-state index in [0.29, 0.717) is 12.3 Å². The Balaban J connectivity index is 1.81. The Morgan fingerprint density at radius 1 is 1.40 bits per heavy atom. The highest BCUT2D eigenvalue weighted by Crippen LogP contribution is 2.12. The van der Waals surface area contributed by atoms with Gasteiger partial charge in [-0.3, -0.25) is 19.6 Å². The average molecular weight is 349 g/mol. The second kappa shape index (κ2) is 8.97. The SMILES string of the molecule is CCN(CC)CCCNC(=O)c1ccc(Cn2cc([N+](=O)[O-])cn2)o1. The van der Waals surface area contributed by atoms with Crippen molar-refractivity contribution in [3.05, 3.63) is 46.2 Å². The summed E-state index contributed by atoms with van der Waals surface area (Å²) in [6, 6.07) is 3.26. The summed E-state index contributed by atoms with van der Waals surface area (Å²) in [5.41, 5.74) is -0.0854. The minimum absolute atomic E-state index is 0.0854. The predicted molar refractivity (Wildman–Crippen MR) is 91.4 cm³/mol. The lowest BCUT2D eigenvalue weighted by Gasteiger charge is -2.17. The zero-order valence-electron chi connectivity index (χ0n) is 14.5. The van der Waals surface area contributed by atoms with Gasteiger partial charge in [0.2, 0.25) is 0 Å². The van der Waals surface area contributed by atoms with Crippen molar-refractivity contribution in [2.45, 2.75) is 26.8 Å². The summed E-state index contributed by atoms with van der Waals surface area (Å²) in [7, 11) is 0. The summed E-state index contributed by atoms with van der Waals surface area (Å²) in [6.07, 6.45) is 3.36. The number of nitrogens with one attached hydrogen (secondary N) is 1. The van der Waals surface area contributed by atoms with E-state index in [1.165, 1.54) is 17.1 Å². The number of furan rings is 1. The Kier molecular flexibility index (Phi) is 6.70. The normalized spacial score (nSPS) is 11.0. The number of amides is 1. The Morgan fingerprint density at radius 2 is 2.16 bits per heavy atom. The fourth-order valence-electron chi connectivity index (χ4n) is 2.41. The Hall–Kier alpha value is -2.68. The Bertz CT molecular complexity index is 705. The molecule has 0 unspecified atom stereocenters. The smallest absolute Gasteiger partial charge is 0.307 e. The minimum atomic E-state index is -0.511. The number of hydrogen-bond donors (Lipinski definition) is 1. The summed E-state index contributed by atoms with van der Waals surface area (Å²) in [5.74, 6) is 0.461. The van der Waals surface area contributed by atoms with Crippen LogP contribution in [-0.2, 0) is 6.54 Å². The average Bonchev–Trinajstić information content (AvgIpc) is 3.25. The Labute approximate surface area is 145 Å². The standard InChI is InChI=1S/C16H23N5O4/c1-3-19(4-2)9-5-8-17-16(22)15-7-6-14(25-15)12-20-11-13(10-18-20)21(23)24/h6-7,10-11H,3-5,8-9,12H2,1-2H3,(H,17,22). The first-order valence-electron chi connectivity index (χ1n) is 8.29. The number of carbonyl (C=O) groups is 1. The topological polar surface area (TPSA) is 106 Å². The van der Waals surface area contributed by atoms with Gasteiger partial charge in [0.25, 0.3) is 5.91 Å². The van der Waals surface area contributed by atoms with Crippen molar-refractivity contribution in [3.63, 3.8) is 0 Å². The van der Waals surface area contributed by atoms with Crippen molar-refractivity contribution >= 4 is 11.6 Å². The maximum absolute atomic E-state index is 12.1. The summed E-state index contributed by atoms with van der Waals surface area (Å²) in [6.45, 7) is 7.96. The zero-order chi connectivity index (χ0) is 18.2. The maximum Gasteiger partial charge on any atom is 0.307 e. The van der Waals surface area contributed by atoms with Crippen LogP contribution in [0.3, 0.4) is 0 Å². The van der Waals surface area contributed by atoms with E-state index in [-0.39, 0.29) is 23.9 Å². The lowest BCUT2D eigenvalue weighted by atomic mass is 10.3. The monoisotopic (exact) mass is 349 g/mol. The quantitative estimate of drug-likeness (QED) is 0.399. The lowest BCUT2D eigenvalue weighted by Crippen LogP contribution is -2.29. The maximum atomic E-state index is 12.1. The van der Waals surface area contributed by atoms with Crippen molar-refractivity contribution in [2.24, 2.45) is 0 Å². The molecule has 0 saturated heterocycles. The van der Waals surface area contributed by atoms with E-state index in [2.05, 4.69) is 29.2 Å². The number of hydrogen-bond acceptors (Lipinski definition) is 6. The van der Waals surface area contributed by atoms with Crippen LogP contribution in [0.5, 0.6) is 0 Å². The van der Waals surface area contributed by atoms with E-state index < -0.39 is 4.92 Å². The molecule has 1 N–H and O–H groups in total. The molecule has 9 heteroatoms. The van der Waals surface area contributed by atoms with Crippen molar-refractivity contribution in [1.29, 1.82) is 0 Å². The van der Waals surface area contributed by atoms with Crippen LogP contribution in [-0.4, -0.2) is 51.7 Å². The zero-order valence-corrected chi connectivity index (χ0v) is 14.5. The molecule has 2 heterocycles. The third-order valence-electron chi connectivity index (χ3n) is 3.86. The van der Waals surface area contributed by atoms with Gasteiger partial charge in [0, 0.05) is 6.54 Å². The van der Waals surface area contributed by atoms with E-state index in [0.717, 1.165) is 26.1 Å². The molecule has 9 nitrogen and oxygen atoms in total. The van der Waals surface area contributed by atoms with Gasteiger partial charge in [0.1, 0.15) is 18.2 Å². The van der Waals surface area contributed by atoms with E-state index >= 15 is 0 Å². The van der Waals surface area contributed by atoms with Crippen LogP contribution in [0, 0.1) is 10.1 Å². The van der Waals surface area contributed by atoms with Crippen molar-refractivity contribution in [3.8, 4) is 0 Å². The van der Waals surface area contributed by atoms with Crippen LogP contribution in [0.25, 0.3) is 0 Å². The predicted octanol–water partition coefficient (Wildman–Crippen LogP) is 1.89. The molecule has 0 aliphatic rings. The molecule has 0 radical (unpaired) electrons. The van der Waals surface area contributed by atoms with Crippen LogP contribution < -0.4 is 5.32 Å². The van der Waals surface area contributed by atoms with Gasteiger partial charge >= 0.3 is 5.69 Å². The van der Waals surface area contributed by atoms with Crippen molar-refractivity contribution in [2.75, 3.05) is 26.2 Å². The number of aromatic nitrogens is 2. The first kappa shape index (κ1) is 18.7. The second-order valence-corrected chi connectivity index (χ2v) is 5.56. The van der Waals surface area contributed by atoms with Crippen LogP contribution in [0.4, 0.5) is 5.69 Å². The lowest BCUT2D eigenvalue weighted by molar-refractivity contribution is -0.385. The summed E-state index contributed by atoms with van der Waals surface area (Å²) < 4.78 is 6.88. The van der Waals surface area contributed by atoms with Crippen molar-refractivity contribution in [1.82, 2.24) is 20.0 Å². The van der Waals surface area contributed by atoms with Gasteiger partial charge < -0.3 is 14.6 Å². The van der Waals surface area contributed by atoms with Gasteiger partial charge in [0.15, 0.2) is 5.76 Å². The number of rotatable bonds is 10. The third-order valence-corrected chi connectivity index (χ3v) is 3.86. The molecular weight excluding hydrogens is 326 g/mol. The van der Waals surface area contributed by atoms with Gasteiger partial charge in [0.05, 0.1) is 11.5 Å². The molecule has 2 aromatic heterocycles. The molecule has 1 amide bonds. The van der Waals surface area contributed by atoms with E-state index in [9.17, 15) is 14.9 Å². The first-order valence-corrected chi connectivity index (χ1v) is 8.29. The van der Waals surface area contributed by atoms with E-state index in [1.807, 2.05) is 0 Å². The van der Waals surface area contributed by atoms with E-state index in [1.54, 1.807) is 12.1 Å². The minimum Gasteiger partial charge on any atom is -0.454 e. The molecule has 25 heavy (non-hydrogen) atoms. The van der Waals surface area contributed by atoms with Gasteiger partial charge in [-0.05, 0) is 38.2 Å². The molecule has 0 fully saturated rings. The molecule has 0 bridgehead atoms. The van der Waals surface area contributed by atoms with Crippen molar-refractivity contribution < 1.29 is 14.1 Å². The highest BCUT2D eigenvalue weighted by molar-refractivity contribution is 5.91. The summed E-state index contributed by atoms with van der Waals surface area (Å²) in [5, 5.41) is 17.4. The first-order chi connectivity index (χ1) is 12.0. The number of carbonyl (C=O) groups excluding carboxylic acids is 1. The van der Waals surface area contributed by atoms with Gasteiger partial charge in [-0.15, -0.1) is 0 Å². The molecule has 2 aromatic rings. The highest BCUT2D eigenvalue weighted by Gasteiger charge is 2.13. The fraction of sp³-hybridized carbons (Fsp3) is 0.500. The van der Waals surface area contributed by atoms with Crippen LogP contribution in [0.15, 0.2) is 28.9 Å². The number of nitro groups is 1. The molecule has 0 spiro atoms. The largest absolute Gasteiger partial charge is 0.454 e. The van der Waals surface area contributed by atoms with Crippen LogP contribution in [0.1, 0.15) is 36.6 Å². The third kappa shape index (κ3) is 5.42. The summed E-state index contributed by atoms with van der Waals surface area (Å²) >= 11 is 0. The molecule has 0 aromatic carbocycles. The molecule has 0 atom stereocenters. The summed E-state index contributed by atoms with van der Waals surface area (Å²) in [4.78, 5) is 24.5. The molecule has 2 rings (SSSR count). The highest BCUT2D eigenvalue weighted by atomic mass is 16.6. The molecule has 0 aliphatic carbocycles. The van der Waals surface area contributed by atoms with Crippen LogP contribution >= 0.6 is 0 Å². The van der Waals surface area contributed by atoms with Crippen LogP contribution in [0.2, 0.25) is 0 Å². The fourth-order valence-corrected chi connectivity index (χ4v) is 2.41. The van der Waals surface area contributed by atoms with E-state index in [4.69, 9.17) is 4.42 Å². The Morgan fingerprint density at radius 3 is 2.80 bits per heavy atom. The van der Waals surface area contributed by atoms with Gasteiger partial charge in [-0.2, -0.15) is 5.10 Å². The molecule has 0 aliphatic heterocycles. The molecule has 0 saturated carbocycles.